The van der Waals surface area contributed by atoms with Crippen LogP contribution in [0.15, 0.2) is 36.4 Å². The van der Waals surface area contributed by atoms with Crippen LogP contribution in [-0.4, -0.2) is 13.1 Å². The maximum absolute atomic E-state index is 6.35. The van der Waals surface area contributed by atoms with Gasteiger partial charge in [-0.2, -0.15) is 0 Å². The molecule has 6 heteroatoms. The number of aryl methyl sites for hydroxylation is 4. The predicted molar refractivity (Wildman–Crippen MR) is 110 cm³/mol. The van der Waals surface area contributed by atoms with Crippen molar-refractivity contribution < 1.29 is 15.1 Å². The number of hydrogen-bond donors (Lipinski definition) is 2. The first kappa shape index (κ1) is 23.6. The Morgan fingerprint density at radius 2 is 1.04 bits per heavy atom. The predicted octanol–water partition coefficient (Wildman–Crippen LogP) is 5.37. The molecule has 146 valence electrons. The van der Waals surface area contributed by atoms with Crippen molar-refractivity contribution in [3.63, 3.8) is 0 Å². The first-order valence-corrected chi connectivity index (χ1v) is 12.7. The van der Waals surface area contributed by atoms with E-state index in [4.69, 9.17) is 30.8 Å². The molecule has 2 aromatic carbocycles. The van der Waals surface area contributed by atoms with Gasteiger partial charge in [0.1, 0.15) is 0 Å². The fraction of sp³-hybridized carbons (Fsp3) is 0.400. The molecule has 2 unspecified atom stereocenters. The van der Waals surface area contributed by atoms with E-state index in [9.17, 15) is 0 Å². The SMILES string of the molecule is Cc1cccc(C)c1C(N)C[N-]CC(N)c1c(C)cccc1C.[Cl][Rh+][Cl]. The molecule has 26 heavy (non-hydrogen) atoms. The summed E-state index contributed by atoms with van der Waals surface area (Å²) in [5, 5.41) is 4.64. The van der Waals surface area contributed by atoms with Gasteiger partial charge in [0.25, 0.3) is 0 Å². The summed E-state index contributed by atoms with van der Waals surface area (Å²) in [7, 11) is 9.67. The van der Waals surface area contributed by atoms with Gasteiger partial charge in [-0.05, 0) is 61.1 Å². The second-order valence-electron chi connectivity index (χ2n) is 6.46. The van der Waals surface area contributed by atoms with E-state index in [0.717, 1.165) is 0 Å². The molecular formula is C20H28Cl2N3Rh. The van der Waals surface area contributed by atoms with Crippen LogP contribution in [0.2, 0.25) is 0 Å². The average Bonchev–Trinajstić information content (AvgIpc) is 2.55. The van der Waals surface area contributed by atoms with Crippen molar-refractivity contribution in [2.24, 2.45) is 11.5 Å². The molecule has 0 fully saturated rings. The van der Waals surface area contributed by atoms with Crippen LogP contribution >= 0.6 is 19.4 Å². The third-order valence-corrected chi connectivity index (χ3v) is 4.48. The maximum atomic E-state index is 6.35. The second-order valence-corrected chi connectivity index (χ2v) is 8.95. The molecule has 0 spiro atoms. The molecular weight excluding hydrogens is 456 g/mol. The number of nitrogens with two attached hydrogens (primary N) is 2. The molecule has 2 atom stereocenters. The normalized spacial score (nSPS) is 13.1. The standard InChI is InChI=1S/C20H28N3.2ClH.Rh/c1-13-7-5-8-14(2)19(13)17(21)11-23-12-18(22)20-15(3)9-6-10-16(20)4;;;/h5-10,17-18H,11-12,21-22H2,1-4H3;2*1H;/q-1;;;+3/p-2. The second kappa shape index (κ2) is 12.1. The van der Waals surface area contributed by atoms with E-state index < -0.39 is 0 Å². The summed E-state index contributed by atoms with van der Waals surface area (Å²) in [6.07, 6.45) is 0. The van der Waals surface area contributed by atoms with E-state index in [1.807, 2.05) is 0 Å². The summed E-state index contributed by atoms with van der Waals surface area (Å²) in [6.45, 7) is 9.61. The van der Waals surface area contributed by atoms with Crippen LogP contribution in [0.3, 0.4) is 0 Å². The molecule has 0 heterocycles. The van der Waals surface area contributed by atoms with Crippen molar-refractivity contribution in [1.82, 2.24) is 0 Å². The van der Waals surface area contributed by atoms with E-state index in [2.05, 4.69) is 69.4 Å². The molecule has 0 amide bonds. The fourth-order valence-electron chi connectivity index (χ4n) is 3.36. The van der Waals surface area contributed by atoms with E-state index >= 15 is 0 Å². The summed E-state index contributed by atoms with van der Waals surface area (Å²) in [5.41, 5.74) is 20.0. The van der Waals surface area contributed by atoms with Gasteiger partial charge in [0.15, 0.2) is 0 Å². The van der Waals surface area contributed by atoms with Crippen LogP contribution in [0, 0.1) is 27.7 Å². The molecule has 4 N–H and O–H groups in total. The molecule has 0 aromatic heterocycles. The van der Waals surface area contributed by atoms with Crippen LogP contribution in [0.5, 0.6) is 0 Å². The minimum absolute atomic E-state index is 0.0682. The summed E-state index contributed by atoms with van der Waals surface area (Å²) < 4.78 is 0. The topological polar surface area (TPSA) is 66.1 Å². The Kier molecular flexibility index (Phi) is 10.9. The molecule has 0 aliphatic heterocycles. The van der Waals surface area contributed by atoms with Crippen molar-refractivity contribution in [2.45, 2.75) is 39.8 Å². The van der Waals surface area contributed by atoms with Gasteiger partial charge in [0.05, 0.1) is 0 Å². The number of benzene rings is 2. The van der Waals surface area contributed by atoms with Crippen LogP contribution in [0.25, 0.3) is 5.32 Å². The first-order valence-electron chi connectivity index (χ1n) is 8.43. The Hall–Kier alpha value is -0.477. The molecule has 0 aliphatic carbocycles. The zero-order valence-electron chi connectivity index (χ0n) is 15.7. The molecule has 0 saturated carbocycles. The van der Waals surface area contributed by atoms with Gasteiger partial charge in [-0.15, -0.1) is 13.1 Å². The Morgan fingerprint density at radius 3 is 1.31 bits per heavy atom. The molecule has 0 aliphatic rings. The van der Waals surface area contributed by atoms with E-state index in [0.29, 0.717) is 13.1 Å². The number of rotatable bonds is 6. The zero-order chi connectivity index (χ0) is 19.7. The monoisotopic (exact) mass is 483 g/mol. The molecule has 3 nitrogen and oxygen atoms in total. The third kappa shape index (κ3) is 6.92. The van der Waals surface area contributed by atoms with E-state index in [1.165, 1.54) is 33.4 Å². The summed E-state index contributed by atoms with van der Waals surface area (Å²) in [4.78, 5) is 0. The fourth-order valence-corrected chi connectivity index (χ4v) is 3.36. The van der Waals surface area contributed by atoms with E-state index in [1.54, 1.807) is 0 Å². The Labute approximate surface area is 173 Å². The van der Waals surface area contributed by atoms with Crippen molar-refractivity contribution >= 4 is 19.4 Å². The number of nitrogens with zero attached hydrogens (tertiary/aromatic N) is 1. The zero-order valence-corrected chi connectivity index (χ0v) is 18.9. The van der Waals surface area contributed by atoms with Gasteiger partial charge >= 0.3 is 34.5 Å². The molecule has 0 saturated heterocycles. The van der Waals surface area contributed by atoms with Gasteiger partial charge in [-0.25, -0.2) is 0 Å². The molecule has 0 radical (unpaired) electrons. The molecule has 2 rings (SSSR count). The van der Waals surface area contributed by atoms with Crippen LogP contribution < -0.4 is 11.5 Å². The number of halogens is 2. The van der Waals surface area contributed by atoms with Gasteiger partial charge in [0, 0.05) is 12.1 Å². The Bertz CT molecular complexity index is 597. The van der Waals surface area contributed by atoms with Gasteiger partial charge in [-0.1, -0.05) is 36.4 Å². The molecule has 0 bridgehead atoms. The van der Waals surface area contributed by atoms with Crippen molar-refractivity contribution in [3.05, 3.63) is 75.1 Å². The van der Waals surface area contributed by atoms with Crippen molar-refractivity contribution in [3.8, 4) is 0 Å². The Morgan fingerprint density at radius 1 is 0.769 bits per heavy atom. The quantitative estimate of drug-likeness (QED) is 0.542. The summed E-state index contributed by atoms with van der Waals surface area (Å²) in [5.74, 6) is 0. The van der Waals surface area contributed by atoms with Crippen molar-refractivity contribution in [2.75, 3.05) is 13.1 Å². The van der Waals surface area contributed by atoms with Gasteiger partial charge in [-0.3, -0.25) is 0 Å². The van der Waals surface area contributed by atoms with Crippen molar-refractivity contribution in [1.29, 1.82) is 0 Å². The molecule has 2 aromatic rings. The summed E-state index contributed by atoms with van der Waals surface area (Å²) >= 11 is -0.226. The first-order chi connectivity index (χ1) is 12.3. The van der Waals surface area contributed by atoms with Crippen LogP contribution in [-0.2, 0) is 15.1 Å². The van der Waals surface area contributed by atoms with Crippen LogP contribution in [0.4, 0.5) is 0 Å². The van der Waals surface area contributed by atoms with E-state index in [-0.39, 0.29) is 27.2 Å². The summed E-state index contributed by atoms with van der Waals surface area (Å²) in [6, 6.07) is 12.4. The third-order valence-electron chi connectivity index (χ3n) is 4.48. The van der Waals surface area contributed by atoms with Gasteiger partial charge < -0.3 is 16.8 Å². The van der Waals surface area contributed by atoms with Crippen LogP contribution in [0.1, 0.15) is 45.5 Å². The number of hydrogen-bond acceptors (Lipinski definition) is 2. The average molecular weight is 484 g/mol. The van der Waals surface area contributed by atoms with Gasteiger partial charge in [0.2, 0.25) is 0 Å². The Balaban J connectivity index is 0.00000105. The minimum atomic E-state index is -0.226.